The van der Waals surface area contributed by atoms with E-state index >= 15 is 0 Å². The minimum absolute atomic E-state index is 0. The molecule has 0 bridgehead atoms. The van der Waals surface area contributed by atoms with E-state index in [1.807, 2.05) is 37.3 Å². The van der Waals surface area contributed by atoms with Gasteiger partial charge in [0, 0.05) is 12.5 Å². The zero-order valence-corrected chi connectivity index (χ0v) is 12.7. The molecule has 0 radical (unpaired) electrons. The van der Waals surface area contributed by atoms with Crippen LogP contribution < -0.4 is 11.1 Å². The molecule has 7 nitrogen and oxygen atoms in total. The first-order valence-electron chi connectivity index (χ1n) is 6.46. The molecule has 0 spiro atoms. The number of amides is 1. The third-order valence-corrected chi connectivity index (χ3v) is 2.77. The summed E-state index contributed by atoms with van der Waals surface area (Å²) in [4.78, 5) is 11.7. The van der Waals surface area contributed by atoms with E-state index in [9.17, 15) is 4.79 Å². The van der Waals surface area contributed by atoms with Gasteiger partial charge >= 0.3 is 0 Å². The normalized spacial score (nSPS) is 13.1. The van der Waals surface area contributed by atoms with Gasteiger partial charge in [0.15, 0.2) is 5.82 Å². The van der Waals surface area contributed by atoms with Crippen molar-refractivity contribution in [3.8, 4) is 5.69 Å². The first-order valence-corrected chi connectivity index (χ1v) is 6.46. The van der Waals surface area contributed by atoms with Gasteiger partial charge in [0.25, 0.3) is 0 Å². The van der Waals surface area contributed by atoms with Crippen LogP contribution in [0.4, 0.5) is 0 Å². The molecule has 8 heteroatoms. The molecule has 2 unspecified atom stereocenters. The standard InChI is InChI=1S/C13H18N6O.ClH/c1-9(14)8-12(20)15-10(2)13-16-17-18-19(13)11-6-4-3-5-7-11;/h3-7,9-10H,8,14H2,1-2H3,(H,15,20);1H. The predicted octanol–water partition coefficient (Wildman–Crippen LogP) is 0.999. The molecule has 0 saturated heterocycles. The molecule has 3 N–H and O–H groups in total. The molecule has 0 fully saturated rings. The van der Waals surface area contributed by atoms with Crippen molar-refractivity contribution in [2.45, 2.75) is 32.4 Å². The number of aromatic nitrogens is 4. The highest BCUT2D eigenvalue weighted by Crippen LogP contribution is 2.13. The predicted molar refractivity (Wildman–Crippen MR) is 81.2 cm³/mol. The maximum absolute atomic E-state index is 11.7. The number of carbonyl (C=O) groups excluding carboxylic acids is 1. The Morgan fingerprint density at radius 3 is 2.62 bits per heavy atom. The lowest BCUT2D eigenvalue weighted by molar-refractivity contribution is -0.122. The minimum atomic E-state index is -0.295. The van der Waals surface area contributed by atoms with Gasteiger partial charge in [-0.25, -0.2) is 0 Å². The summed E-state index contributed by atoms with van der Waals surface area (Å²) in [6.45, 7) is 3.63. The highest BCUT2D eigenvalue weighted by Gasteiger charge is 2.18. The van der Waals surface area contributed by atoms with Gasteiger partial charge in [-0.2, -0.15) is 4.68 Å². The summed E-state index contributed by atoms with van der Waals surface area (Å²) in [6, 6.07) is 9.05. The summed E-state index contributed by atoms with van der Waals surface area (Å²) in [7, 11) is 0. The Morgan fingerprint density at radius 2 is 2.00 bits per heavy atom. The quantitative estimate of drug-likeness (QED) is 0.858. The van der Waals surface area contributed by atoms with Crippen LogP contribution in [0.25, 0.3) is 5.69 Å². The van der Waals surface area contributed by atoms with Crippen molar-refractivity contribution >= 4 is 18.3 Å². The van der Waals surface area contributed by atoms with Crippen LogP contribution in [-0.2, 0) is 4.79 Å². The van der Waals surface area contributed by atoms with Crippen LogP contribution >= 0.6 is 12.4 Å². The number of hydrogen-bond donors (Lipinski definition) is 2. The highest BCUT2D eigenvalue weighted by molar-refractivity contribution is 5.85. The van der Waals surface area contributed by atoms with Crippen molar-refractivity contribution in [2.75, 3.05) is 0 Å². The molecule has 21 heavy (non-hydrogen) atoms. The molecular formula is C13H19ClN6O. The lowest BCUT2D eigenvalue weighted by atomic mass is 10.2. The number of rotatable bonds is 5. The maximum Gasteiger partial charge on any atom is 0.222 e. The van der Waals surface area contributed by atoms with E-state index in [-0.39, 0.29) is 36.8 Å². The fourth-order valence-corrected chi connectivity index (χ4v) is 1.87. The third kappa shape index (κ3) is 4.51. The summed E-state index contributed by atoms with van der Waals surface area (Å²) in [5.41, 5.74) is 6.45. The molecule has 1 amide bonds. The lowest BCUT2D eigenvalue weighted by Gasteiger charge is -2.14. The van der Waals surface area contributed by atoms with Crippen LogP contribution in [0.5, 0.6) is 0 Å². The number of tetrazole rings is 1. The van der Waals surface area contributed by atoms with Gasteiger partial charge in [0.1, 0.15) is 0 Å². The molecule has 0 saturated carbocycles. The molecular weight excluding hydrogens is 292 g/mol. The monoisotopic (exact) mass is 310 g/mol. The van der Waals surface area contributed by atoms with Crippen molar-refractivity contribution in [1.82, 2.24) is 25.5 Å². The van der Waals surface area contributed by atoms with Gasteiger partial charge in [-0.1, -0.05) is 18.2 Å². The van der Waals surface area contributed by atoms with Crippen molar-refractivity contribution in [1.29, 1.82) is 0 Å². The van der Waals surface area contributed by atoms with Crippen LogP contribution in [0.3, 0.4) is 0 Å². The molecule has 0 aliphatic heterocycles. The number of hydrogen-bond acceptors (Lipinski definition) is 5. The molecule has 114 valence electrons. The van der Waals surface area contributed by atoms with E-state index in [0.717, 1.165) is 5.69 Å². The molecule has 2 rings (SSSR count). The van der Waals surface area contributed by atoms with Crippen LogP contribution in [0.15, 0.2) is 30.3 Å². The average molecular weight is 311 g/mol. The maximum atomic E-state index is 11.7. The largest absolute Gasteiger partial charge is 0.346 e. The zero-order chi connectivity index (χ0) is 14.5. The van der Waals surface area contributed by atoms with Gasteiger partial charge in [-0.15, -0.1) is 17.5 Å². The highest BCUT2D eigenvalue weighted by atomic mass is 35.5. The van der Waals surface area contributed by atoms with E-state index in [0.29, 0.717) is 5.82 Å². The number of para-hydroxylation sites is 1. The Balaban J connectivity index is 0.00000220. The van der Waals surface area contributed by atoms with E-state index in [1.165, 1.54) is 0 Å². The molecule has 1 heterocycles. The number of benzene rings is 1. The second-order valence-electron chi connectivity index (χ2n) is 4.76. The van der Waals surface area contributed by atoms with Gasteiger partial charge < -0.3 is 11.1 Å². The second-order valence-corrected chi connectivity index (χ2v) is 4.76. The van der Waals surface area contributed by atoms with Crippen molar-refractivity contribution < 1.29 is 4.79 Å². The summed E-state index contributed by atoms with van der Waals surface area (Å²) in [5, 5.41) is 14.5. The van der Waals surface area contributed by atoms with Crippen molar-refractivity contribution in [2.24, 2.45) is 5.73 Å². The van der Waals surface area contributed by atoms with Gasteiger partial charge in [0.2, 0.25) is 5.91 Å². The molecule has 2 aromatic rings. The Hall–Kier alpha value is -1.99. The van der Waals surface area contributed by atoms with E-state index in [1.54, 1.807) is 11.6 Å². The van der Waals surface area contributed by atoms with Crippen molar-refractivity contribution in [3.63, 3.8) is 0 Å². The minimum Gasteiger partial charge on any atom is -0.346 e. The fourth-order valence-electron chi connectivity index (χ4n) is 1.87. The summed E-state index contributed by atoms with van der Waals surface area (Å²) in [6.07, 6.45) is 0.275. The number of nitrogens with two attached hydrogens (primary N) is 1. The molecule has 0 aliphatic rings. The Bertz CT molecular complexity index is 571. The Labute approximate surface area is 129 Å². The number of nitrogens with one attached hydrogen (secondary N) is 1. The smallest absolute Gasteiger partial charge is 0.222 e. The third-order valence-electron chi connectivity index (χ3n) is 2.77. The van der Waals surface area contributed by atoms with Crippen LogP contribution in [-0.4, -0.2) is 32.2 Å². The van der Waals surface area contributed by atoms with Crippen LogP contribution in [0, 0.1) is 0 Å². The molecule has 1 aromatic heterocycles. The number of carbonyl (C=O) groups is 1. The first-order chi connectivity index (χ1) is 9.58. The van der Waals surface area contributed by atoms with Crippen LogP contribution in [0.2, 0.25) is 0 Å². The average Bonchev–Trinajstić information content (AvgIpc) is 2.87. The van der Waals surface area contributed by atoms with E-state index in [2.05, 4.69) is 20.8 Å². The molecule has 1 aromatic carbocycles. The first kappa shape index (κ1) is 17.1. The van der Waals surface area contributed by atoms with E-state index in [4.69, 9.17) is 5.73 Å². The summed E-state index contributed by atoms with van der Waals surface area (Å²) in [5.74, 6) is 0.462. The zero-order valence-electron chi connectivity index (χ0n) is 11.9. The Kier molecular flexibility index (Phi) is 6.26. The van der Waals surface area contributed by atoms with Crippen molar-refractivity contribution in [3.05, 3.63) is 36.2 Å². The molecule has 2 atom stereocenters. The van der Waals surface area contributed by atoms with E-state index < -0.39 is 0 Å². The van der Waals surface area contributed by atoms with Crippen LogP contribution in [0.1, 0.15) is 32.1 Å². The Morgan fingerprint density at radius 1 is 1.33 bits per heavy atom. The number of nitrogens with zero attached hydrogens (tertiary/aromatic N) is 4. The fraction of sp³-hybridized carbons (Fsp3) is 0.385. The van der Waals surface area contributed by atoms with Gasteiger partial charge in [-0.05, 0) is 36.4 Å². The topological polar surface area (TPSA) is 98.7 Å². The van der Waals surface area contributed by atoms with Gasteiger partial charge in [0.05, 0.1) is 11.7 Å². The second kappa shape index (κ2) is 7.70. The number of halogens is 1. The lowest BCUT2D eigenvalue weighted by Crippen LogP contribution is -2.32. The summed E-state index contributed by atoms with van der Waals surface area (Å²) >= 11 is 0. The molecule has 0 aliphatic carbocycles. The summed E-state index contributed by atoms with van der Waals surface area (Å²) < 4.78 is 1.61. The van der Waals surface area contributed by atoms with Gasteiger partial charge in [-0.3, -0.25) is 4.79 Å². The SMILES string of the molecule is CC(N)CC(=O)NC(C)c1nnnn1-c1ccccc1.Cl.